The molecule has 2 rings (SSSR count). The highest BCUT2D eigenvalue weighted by atomic mass is 19.2. The van der Waals surface area contributed by atoms with E-state index in [1.54, 1.807) is 24.3 Å². The number of rotatable bonds is 10. The molecule has 7 nitrogen and oxygen atoms in total. The zero-order valence-electron chi connectivity index (χ0n) is 16.2. The Bertz CT molecular complexity index is 930. The van der Waals surface area contributed by atoms with Gasteiger partial charge in [-0.25, -0.2) is 8.78 Å². The van der Waals surface area contributed by atoms with E-state index in [0.717, 1.165) is 6.07 Å². The molecule has 3 N–H and O–H groups in total. The second kappa shape index (κ2) is 10.3. The Hall–Kier alpha value is -3.49. The molecule has 1 amide bonds. The zero-order chi connectivity index (χ0) is 22.3. The third kappa shape index (κ3) is 6.26. The highest BCUT2D eigenvalue weighted by molar-refractivity contribution is 5.81. The maximum absolute atomic E-state index is 14.3. The second-order valence-electron chi connectivity index (χ2n) is 6.60. The molecule has 0 bridgehead atoms. The predicted octanol–water partition coefficient (Wildman–Crippen LogP) is 3.01. The molecule has 0 heterocycles. The largest absolute Gasteiger partial charge is 0.496 e. The molecule has 2 aromatic rings. The summed E-state index contributed by atoms with van der Waals surface area (Å²) in [4.78, 5) is 33.5. The lowest BCUT2D eigenvalue weighted by atomic mass is 9.98. The van der Waals surface area contributed by atoms with Crippen molar-refractivity contribution < 1.29 is 38.1 Å². The monoisotopic (exact) mass is 421 g/mol. The number of carboxylic acid groups (broad SMARTS) is 2. The van der Waals surface area contributed by atoms with Crippen LogP contribution in [-0.2, 0) is 20.8 Å². The molecule has 0 saturated heterocycles. The Morgan fingerprint density at radius 3 is 2.23 bits per heavy atom. The van der Waals surface area contributed by atoms with Crippen molar-refractivity contribution in [3.05, 3.63) is 53.6 Å². The molecule has 30 heavy (non-hydrogen) atoms. The van der Waals surface area contributed by atoms with Crippen LogP contribution in [0.4, 0.5) is 8.78 Å². The summed E-state index contributed by atoms with van der Waals surface area (Å²) in [6.07, 6.45) is -0.814. The number of ether oxygens (including phenoxy) is 1. The van der Waals surface area contributed by atoms with E-state index in [2.05, 4.69) is 5.32 Å². The van der Waals surface area contributed by atoms with Crippen molar-refractivity contribution in [2.24, 2.45) is 0 Å². The summed E-state index contributed by atoms with van der Waals surface area (Å²) in [6.45, 7) is 0. The molecule has 0 unspecified atom stereocenters. The molecule has 0 aromatic heterocycles. The lowest BCUT2D eigenvalue weighted by Crippen LogP contribution is -2.38. The fourth-order valence-corrected chi connectivity index (χ4v) is 2.97. The highest BCUT2D eigenvalue weighted by Gasteiger charge is 2.19. The van der Waals surface area contributed by atoms with Crippen molar-refractivity contribution in [1.29, 1.82) is 0 Å². The number of hydrogen-bond acceptors (Lipinski definition) is 4. The number of carboxylic acids is 2. The third-order valence-electron chi connectivity index (χ3n) is 4.35. The molecule has 0 radical (unpaired) electrons. The maximum Gasteiger partial charge on any atom is 0.305 e. The quantitative estimate of drug-likeness (QED) is 0.544. The van der Waals surface area contributed by atoms with Crippen LogP contribution < -0.4 is 10.1 Å². The maximum atomic E-state index is 14.3. The first-order valence-electron chi connectivity index (χ1n) is 9.05. The van der Waals surface area contributed by atoms with Crippen LogP contribution >= 0.6 is 0 Å². The van der Waals surface area contributed by atoms with Gasteiger partial charge < -0.3 is 20.3 Å². The standard InChI is InChI=1S/C21H21F2NO6/c1-30-16-7-6-15(22)21(23)20(16)13-4-2-12(3-5-13)10-14(11-19(28)29)24-17(25)8-9-18(26)27/h2-7,14H,8-11H2,1H3,(H,24,25)(H,26,27)(H,28,29)/t14-/m1/s1. The number of carbonyl (C=O) groups excluding carboxylic acids is 1. The Labute approximate surface area is 171 Å². The summed E-state index contributed by atoms with van der Waals surface area (Å²) in [7, 11) is 1.34. The smallest absolute Gasteiger partial charge is 0.305 e. The number of carbonyl (C=O) groups is 3. The first-order chi connectivity index (χ1) is 14.2. The van der Waals surface area contributed by atoms with Gasteiger partial charge in [0, 0.05) is 12.5 Å². The Morgan fingerprint density at radius 2 is 1.67 bits per heavy atom. The molecule has 1 atom stereocenters. The van der Waals surface area contributed by atoms with Crippen LogP contribution in [0.15, 0.2) is 36.4 Å². The first kappa shape index (κ1) is 22.8. The SMILES string of the molecule is COc1ccc(F)c(F)c1-c1ccc(C[C@H](CC(=O)O)NC(=O)CCC(=O)O)cc1. The molecule has 2 aromatic carbocycles. The Balaban J connectivity index is 2.17. The van der Waals surface area contributed by atoms with E-state index in [4.69, 9.17) is 14.9 Å². The summed E-state index contributed by atoms with van der Waals surface area (Å²) in [5.74, 6) is -4.71. The lowest BCUT2D eigenvalue weighted by molar-refractivity contribution is -0.140. The molecule has 0 aliphatic heterocycles. The van der Waals surface area contributed by atoms with E-state index in [0.29, 0.717) is 11.1 Å². The van der Waals surface area contributed by atoms with Gasteiger partial charge in [0.25, 0.3) is 0 Å². The van der Waals surface area contributed by atoms with Crippen LogP contribution in [0.1, 0.15) is 24.8 Å². The van der Waals surface area contributed by atoms with E-state index in [1.165, 1.54) is 13.2 Å². The molecular weight excluding hydrogens is 400 g/mol. The number of amides is 1. The highest BCUT2D eigenvalue weighted by Crippen LogP contribution is 2.34. The molecule has 0 saturated carbocycles. The van der Waals surface area contributed by atoms with E-state index in [1.807, 2.05) is 0 Å². The van der Waals surface area contributed by atoms with E-state index in [9.17, 15) is 23.2 Å². The normalized spacial score (nSPS) is 11.6. The third-order valence-corrected chi connectivity index (χ3v) is 4.35. The summed E-state index contributed by atoms with van der Waals surface area (Å²) in [5, 5.41) is 20.2. The van der Waals surface area contributed by atoms with Crippen LogP contribution in [0, 0.1) is 11.6 Å². The molecule has 0 fully saturated rings. The number of methoxy groups -OCH3 is 1. The van der Waals surface area contributed by atoms with E-state index in [-0.39, 0.29) is 37.0 Å². The topological polar surface area (TPSA) is 113 Å². The van der Waals surface area contributed by atoms with Gasteiger partial charge in [0.2, 0.25) is 5.91 Å². The van der Waals surface area contributed by atoms with Crippen molar-refractivity contribution in [3.63, 3.8) is 0 Å². The lowest BCUT2D eigenvalue weighted by Gasteiger charge is -2.17. The first-order valence-corrected chi connectivity index (χ1v) is 9.05. The minimum absolute atomic E-state index is 0.0342. The van der Waals surface area contributed by atoms with E-state index >= 15 is 0 Å². The van der Waals surface area contributed by atoms with Gasteiger partial charge in [-0.1, -0.05) is 24.3 Å². The fraction of sp³-hybridized carbons (Fsp3) is 0.286. The van der Waals surface area contributed by atoms with Crippen LogP contribution in [0.25, 0.3) is 11.1 Å². The van der Waals surface area contributed by atoms with Gasteiger partial charge in [-0.2, -0.15) is 0 Å². The summed E-state index contributed by atoms with van der Waals surface area (Å²) in [5.41, 5.74) is 0.986. The van der Waals surface area contributed by atoms with Crippen LogP contribution in [0.3, 0.4) is 0 Å². The number of benzene rings is 2. The van der Waals surface area contributed by atoms with Gasteiger partial charge in [-0.3, -0.25) is 14.4 Å². The molecular formula is C21H21F2NO6. The summed E-state index contributed by atoms with van der Waals surface area (Å²) < 4.78 is 33.0. The van der Waals surface area contributed by atoms with Crippen LogP contribution in [0.2, 0.25) is 0 Å². The average Bonchev–Trinajstić information content (AvgIpc) is 2.68. The van der Waals surface area contributed by atoms with Gasteiger partial charge in [0.15, 0.2) is 11.6 Å². The molecule has 160 valence electrons. The minimum atomic E-state index is -1.13. The zero-order valence-corrected chi connectivity index (χ0v) is 16.2. The van der Waals surface area contributed by atoms with E-state index < -0.39 is 35.5 Å². The number of aliphatic carboxylic acids is 2. The number of halogens is 2. The molecule has 9 heteroatoms. The van der Waals surface area contributed by atoms with Gasteiger partial charge in [0.1, 0.15) is 5.75 Å². The summed E-state index contributed by atoms with van der Waals surface area (Å²) >= 11 is 0. The molecule has 0 aliphatic carbocycles. The fourth-order valence-electron chi connectivity index (χ4n) is 2.97. The molecule has 0 spiro atoms. The van der Waals surface area contributed by atoms with Crippen molar-refractivity contribution in [2.75, 3.05) is 7.11 Å². The van der Waals surface area contributed by atoms with Crippen molar-refractivity contribution in [2.45, 2.75) is 31.7 Å². The van der Waals surface area contributed by atoms with Crippen molar-refractivity contribution >= 4 is 17.8 Å². The average molecular weight is 421 g/mol. The van der Waals surface area contributed by atoms with Gasteiger partial charge >= 0.3 is 11.9 Å². The second-order valence-corrected chi connectivity index (χ2v) is 6.60. The Kier molecular flexibility index (Phi) is 7.85. The van der Waals surface area contributed by atoms with Crippen LogP contribution in [-0.4, -0.2) is 41.2 Å². The van der Waals surface area contributed by atoms with Gasteiger partial charge in [-0.15, -0.1) is 0 Å². The number of hydrogen-bond donors (Lipinski definition) is 3. The predicted molar refractivity (Wildman–Crippen MR) is 103 cm³/mol. The minimum Gasteiger partial charge on any atom is -0.496 e. The Morgan fingerprint density at radius 1 is 1.00 bits per heavy atom. The van der Waals surface area contributed by atoms with Crippen molar-refractivity contribution in [3.8, 4) is 16.9 Å². The van der Waals surface area contributed by atoms with Gasteiger partial charge in [-0.05, 0) is 29.7 Å². The molecule has 0 aliphatic rings. The van der Waals surface area contributed by atoms with Crippen molar-refractivity contribution in [1.82, 2.24) is 5.32 Å². The van der Waals surface area contributed by atoms with Crippen LogP contribution in [0.5, 0.6) is 5.75 Å². The summed E-state index contributed by atoms with van der Waals surface area (Å²) in [6, 6.07) is 7.83. The van der Waals surface area contributed by atoms with Gasteiger partial charge in [0.05, 0.1) is 25.5 Å². The number of nitrogens with one attached hydrogen (secondary N) is 1.